The molecule has 0 aliphatic rings. The van der Waals surface area contributed by atoms with Crippen LogP contribution in [0.2, 0.25) is 0 Å². The molecule has 17 heavy (non-hydrogen) atoms. The van der Waals surface area contributed by atoms with Crippen LogP contribution in [-0.4, -0.2) is 31.6 Å². The van der Waals surface area contributed by atoms with Gasteiger partial charge in [-0.25, -0.2) is 4.79 Å². The van der Waals surface area contributed by atoms with Gasteiger partial charge >= 0.3 is 5.97 Å². The first kappa shape index (κ1) is 13.4. The van der Waals surface area contributed by atoms with Gasteiger partial charge in [0.2, 0.25) is 0 Å². The van der Waals surface area contributed by atoms with Gasteiger partial charge in [0.15, 0.2) is 5.78 Å². The van der Waals surface area contributed by atoms with E-state index in [0.717, 1.165) is 0 Å². The van der Waals surface area contributed by atoms with Crippen molar-refractivity contribution in [3.63, 3.8) is 0 Å². The number of Topliss-reactive ketones (excluding diaryl/α,β-unsaturated/α-hetero) is 1. The Morgan fingerprint density at radius 1 is 1.00 bits per heavy atom. The molecule has 0 fully saturated rings. The zero-order valence-corrected chi connectivity index (χ0v) is 10.4. The molecule has 0 unspecified atom stereocenters. The van der Waals surface area contributed by atoms with Crippen molar-refractivity contribution in [2.75, 3.05) is 14.2 Å². The smallest absolute Gasteiger partial charge is 0.337 e. The average Bonchev–Trinajstić information content (AvgIpc) is 2.37. The van der Waals surface area contributed by atoms with E-state index in [1.165, 1.54) is 14.2 Å². The van der Waals surface area contributed by atoms with Crippen LogP contribution in [0.25, 0.3) is 0 Å². The summed E-state index contributed by atoms with van der Waals surface area (Å²) in [5, 5.41) is 0. The lowest BCUT2D eigenvalue weighted by Crippen LogP contribution is -2.33. The maximum Gasteiger partial charge on any atom is 0.337 e. The molecule has 0 spiro atoms. The van der Waals surface area contributed by atoms with Gasteiger partial charge in [-0.05, 0) is 26.0 Å². The first-order valence-electron chi connectivity index (χ1n) is 5.20. The zero-order valence-electron chi connectivity index (χ0n) is 10.4. The van der Waals surface area contributed by atoms with Crippen LogP contribution in [0.4, 0.5) is 0 Å². The Bertz CT molecular complexity index is 418. The quantitative estimate of drug-likeness (QED) is 0.593. The van der Waals surface area contributed by atoms with E-state index in [1.54, 1.807) is 38.1 Å². The summed E-state index contributed by atoms with van der Waals surface area (Å²) in [5.41, 5.74) is 0.0519. The molecule has 4 nitrogen and oxygen atoms in total. The van der Waals surface area contributed by atoms with Gasteiger partial charge in [0.05, 0.1) is 12.7 Å². The summed E-state index contributed by atoms with van der Waals surface area (Å²) < 4.78 is 9.69. The Hall–Kier alpha value is -1.68. The molecule has 0 saturated carbocycles. The third-order valence-electron chi connectivity index (χ3n) is 2.63. The third-order valence-corrected chi connectivity index (χ3v) is 2.63. The minimum absolute atomic E-state index is 0.128. The molecule has 0 heterocycles. The van der Waals surface area contributed by atoms with Crippen LogP contribution in [0.15, 0.2) is 24.3 Å². The van der Waals surface area contributed by atoms with E-state index in [1.807, 2.05) is 0 Å². The Morgan fingerprint density at radius 2 is 1.47 bits per heavy atom. The summed E-state index contributed by atoms with van der Waals surface area (Å²) in [6.07, 6.45) is 0. The van der Waals surface area contributed by atoms with E-state index in [-0.39, 0.29) is 5.78 Å². The molecular formula is C13H16O4. The molecule has 4 heteroatoms. The molecule has 1 aromatic rings. The van der Waals surface area contributed by atoms with Crippen LogP contribution in [-0.2, 0) is 9.47 Å². The summed E-state index contributed by atoms with van der Waals surface area (Å²) >= 11 is 0. The molecule has 92 valence electrons. The normalized spacial score (nSPS) is 11.1. The number of rotatable bonds is 4. The van der Waals surface area contributed by atoms with E-state index >= 15 is 0 Å². The molecular weight excluding hydrogens is 220 g/mol. The number of carbonyl (C=O) groups is 2. The molecule has 0 aliphatic carbocycles. The molecule has 0 atom stereocenters. The number of hydrogen-bond acceptors (Lipinski definition) is 4. The number of hydrogen-bond donors (Lipinski definition) is 0. The van der Waals surface area contributed by atoms with Crippen LogP contribution < -0.4 is 0 Å². The van der Waals surface area contributed by atoms with Gasteiger partial charge < -0.3 is 9.47 Å². The number of carbonyl (C=O) groups excluding carboxylic acids is 2. The van der Waals surface area contributed by atoms with Crippen LogP contribution in [0, 0.1) is 0 Å². The fourth-order valence-corrected chi connectivity index (χ4v) is 1.32. The molecule has 0 aliphatic heterocycles. The van der Waals surface area contributed by atoms with Crippen molar-refractivity contribution in [1.82, 2.24) is 0 Å². The second-order valence-electron chi connectivity index (χ2n) is 4.11. The van der Waals surface area contributed by atoms with E-state index in [9.17, 15) is 9.59 Å². The number of benzene rings is 1. The summed E-state index contributed by atoms with van der Waals surface area (Å²) in [7, 11) is 2.80. The number of methoxy groups -OCH3 is 2. The monoisotopic (exact) mass is 236 g/mol. The van der Waals surface area contributed by atoms with Gasteiger partial charge in [0, 0.05) is 12.7 Å². The fraction of sp³-hybridized carbons (Fsp3) is 0.385. The Labute approximate surface area is 101 Å². The van der Waals surface area contributed by atoms with E-state index in [4.69, 9.17) is 4.74 Å². The fourth-order valence-electron chi connectivity index (χ4n) is 1.32. The predicted octanol–water partition coefficient (Wildman–Crippen LogP) is 2.08. The first-order valence-corrected chi connectivity index (χ1v) is 5.20. The van der Waals surface area contributed by atoms with Gasteiger partial charge in [-0.15, -0.1) is 0 Å². The van der Waals surface area contributed by atoms with Gasteiger partial charge in [0.25, 0.3) is 0 Å². The Balaban J connectivity index is 2.96. The van der Waals surface area contributed by atoms with Gasteiger partial charge in [-0.3, -0.25) is 4.79 Å². The highest BCUT2D eigenvalue weighted by molar-refractivity contribution is 6.02. The van der Waals surface area contributed by atoms with Crippen LogP contribution >= 0.6 is 0 Å². The summed E-state index contributed by atoms with van der Waals surface area (Å²) in [5.74, 6) is -0.550. The molecule has 0 saturated heterocycles. The molecule has 1 rings (SSSR count). The maximum absolute atomic E-state index is 12.0. The van der Waals surface area contributed by atoms with Crippen molar-refractivity contribution in [2.24, 2.45) is 0 Å². The van der Waals surface area contributed by atoms with Crippen molar-refractivity contribution in [3.05, 3.63) is 35.4 Å². The topological polar surface area (TPSA) is 52.6 Å². The van der Waals surface area contributed by atoms with Gasteiger partial charge in [-0.2, -0.15) is 0 Å². The van der Waals surface area contributed by atoms with Crippen molar-refractivity contribution in [3.8, 4) is 0 Å². The van der Waals surface area contributed by atoms with Crippen molar-refractivity contribution < 1.29 is 19.1 Å². The molecule has 0 bridgehead atoms. The average molecular weight is 236 g/mol. The second kappa shape index (κ2) is 5.10. The standard InChI is InChI=1S/C13H16O4/c1-13(2,17-4)11(14)9-5-7-10(8-6-9)12(15)16-3/h5-8H,1-4H3. The lowest BCUT2D eigenvalue weighted by atomic mass is 9.96. The van der Waals surface area contributed by atoms with Crippen LogP contribution in [0.3, 0.4) is 0 Å². The minimum Gasteiger partial charge on any atom is -0.465 e. The Kier molecular flexibility index (Phi) is 4.02. The van der Waals surface area contributed by atoms with E-state index in [0.29, 0.717) is 11.1 Å². The minimum atomic E-state index is -0.868. The lowest BCUT2D eigenvalue weighted by Gasteiger charge is -2.21. The van der Waals surface area contributed by atoms with E-state index < -0.39 is 11.6 Å². The summed E-state index contributed by atoms with van der Waals surface area (Å²) in [4.78, 5) is 23.2. The SMILES string of the molecule is COC(=O)c1ccc(C(=O)C(C)(C)OC)cc1. The second-order valence-corrected chi connectivity index (χ2v) is 4.11. The molecule has 0 N–H and O–H groups in total. The first-order chi connectivity index (χ1) is 7.92. The number of ether oxygens (including phenoxy) is 2. The lowest BCUT2D eigenvalue weighted by molar-refractivity contribution is 0.0228. The van der Waals surface area contributed by atoms with Crippen molar-refractivity contribution >= 4 is 11.8 Å². The maximum atomic E-state index is 12.0. The highest BCUT2D eigenvalue weighted by Gasteiger charge is 2.28. The van der Waals surface area contributed by atoms with Crippen molar-refractivity contribution in [2.45, 2.75) is 19.4 Å². The third kappa shape index (κ3) is 2.91. The van der Waals surface area contributed by atoms with Gasteiger partial charge in [0.1, 0.15) is 5.60 Å². The predicted molar refractivity (Wildman–Crippen MR) is 63.2 cm³/mol. The van der Waals surface area contributed by atoms with E-state index in [2.05, 4.69) is 4.74 Å². The van der Waals surface area contributed by atoms with Crippen molar-refractivity contribution in [1.29, 1.82) is 0 Å². The summed E-state index contributed by atoms with van der Waals surface area (Å²) in [6, 6.07) is 6.31. The molecule has 0 radical (unpaired) electrons. The van der Waals surface area contributed by atoms with Gasteiger partial charge in [-0.1, -0.05) is 12.1 Å². The van der Waals surface area contributed by atoms with Crippen LogP contribution in [0.1, 0.15) is 34.6 Å². The van der Waals surface area contributed by atoms with Crippen LogP contribution in [0.5, 0.6) is 0 Å². The number of ketones is 1. The summed E-state index contributed by atoms with van der Waals surface area (Å²) in [6.45, 7) is 3.40. The molecule has 0 aromatic heterocycles. The molecule has 0 amide bonds. The number of esters is 1. The largest absolute Gasteiger partial charge is 0.465 e. The zero-order chi connectivity index (χ0) is 13.1. The molecule has 1 aromatic carbocycles. The highest BCUT2D eigenvalue weighted by Crippen LogP contribution is 2.17. The highest BCUT2D eigenvalue weighted by atomic mass is 16.5. The Morgan fingerprint density at radius 3 is 1.88 bits per heavy atom.